The lowest BCUT2D eigenvalue weighted by Crippen LogP contribution is -2.39. The molecule has 0 aliphatic carbocycles. The molecular formula is C22H20FN7O3. The van der Waals surface area contributed by atoms with Crippen molar-refractivity contribution in [2.75, 3.05) is 6.54 Å². The Morgan fingerprint density at radius 2 is 1.79 bits per heavy atom. The van der Waals surface area contributed by atoms with Crippen LogP contribution in [-0.2, 0) is 11.3 Å². The summed E-state index contributed by atoms with van der Waals surface area (Å²) in [5.74, 6) is -0.412. The highest BCUT2D eigenvalue weighted by Gasteiger charge is 2.18. The third-order valence-electron chi connectivity index (χ3n) is 4.93. The second-order valence-corrected chi connectivity index (χ2v) is 7.18. The summed E-state index contributed by atoms with van der Waals surface area (Å²) in [6.07, 6.45) is 3.25. The van der Waals surface area contributed by atoms with Crippen molar-refractivity contribution in [2.24, 2.45) is 0 Å². The Bertz CT molecular complexity index is 1380. The molecule has 1 amide bonds. The molecule has 3 heterocycles. The topological polar surface area (TPSA) is 117 Å². The van der Waals surface area contributed by atoms with Crippen molar-refractivity contribution >= 4 is 5.91 Å². The molecule has 1 N–H and O–H groups in total. The van der Waals surface area contributed by atoms with Gasteiger partial charge in [0, 0.05) is 36.6 Å². The van der Waals surface area contributed by atoms with Gasteiger partial charge < -0.3 is 5.32 Å². The highest BCUT2D eigenvalue weighted by atomic mass is 19.1. The minimum absolute atomic E-state index is 0.108. The Balaban J connectivity index is 1.43. The average molecular weight is 449 g/mol. The van der Waals surface area contributed by atoms with Gasteiger partial charge in [0.15, 0.2) is 5.82 Å². The number of hydrogen-bond acceptors (Lipinski definition) is 6. The molecule has 0 fully saturated rings. The first-order chi connectivity index (χ1) is 15.9. The van der Waals surface area contributed by atoms with Crippen LogP contribution >= 0.6 is 0 Å². The maximum Gasteiger partial charge on any atom is 0.267 e. The van der Waals surface area contributed by atoms with E-state index in [1.54, 1.807) is 43.6 Å². The highest BCUT2D eigenvalue weighted by Crippen LogP contribution is 2.15. The van der Waals surface area contributed by atoms with Crippen LogP contribution in [-0.4, -0.2) is 41.8 Å². The van der Waals surface area contributed by atoms with Crippen molar-refractivity contribution in [3.63, 3.8) is 0 Å². The van der Waals surface area contributed by atoms with E-state index in [-0.39, 0.29) is 24.5 Å². The van der Waals surface area contributed by atoms with Crippen LogP contribution in [0.25, 0.3) is 17.1 Å². The minimum Gasteiger partial charge on any atom is -0.352 e. The van der Waals surface area contributed by atoms with Gasteiger partial charge in [-0.05, 0) is 49.4 Å². The zero-order valence-corrected chi connectivity index (χ0v) is 17.6. The van der Waals surface area contributed by atoms with E-state index in [4.69, 9.17) is 0 Å². The molecule has 4 aromatic rings. The van der Waals surface area contributed by atoms with E-state index in [0.717, 1.165) is 4.68 Å². The van der Waals surface area contributed by atoms with Crippen molar-refractivity contribution in [3.05, 3.63) is 93.5 Å². The third-order valence-corrected chi connectivity index (χ3v) is 4.93. The lowest BCUT2D eigenvalue weighted by atomic mass is 10.1. The zero-order valence-electron chi connectivity index (χ0n) is 17.6. The van der Waals surface area contributed by atoms with Crippen LogP contribution in [0.2, 0.25) is 0 Å². The number of rotatable bonds is 7. The van der Waals surface area contributed by atoms with Gasteiger partial charge in [-0.25, -0.2) is 18.4 Å². The molecule has 33 heavy (non-hydrogen) atoms. The molecule has 11 heteroatoms. The maximum absolute atomic E-state index is 13.1. The first kappa shape index (κ1) is 21.8. The van der Waals surface area contributed by atoms with E-state index >= 15 is 0 Å². The second-order valence-electron chi connectivity index (χ2n) is 7.18. The maximum atomic E-state index is 13.1. The van der Waals surface area contributed by atoms with Gasteiger partial charge in [-0.1, -0.05) is 0 Å². The number of amides is 1. The molecule has 0 aliphatic rings. The number of benzene rings is 1. The van der Waals surface area contributed by atoms with Crippen molar-refractivity contribution < 1.29 is 9.18 Å². The van der Waals surface area contributed by atoms with Gasteiger partial charge in [0.2, 0.25) is 5.91 Å². The Kier molecular flexibility index (Phi) is 6.20. The normalized spacial score (nSPS) is 11.8. The van der Waals surface area contributed by atoms with Crippen LogP contribution in [0.15, 0.2) is 76.6 Å². The largest absolute Gasteiger partial charge is 0.352 e. The zero-order chi connectivity index (χ0) is 23.4. The second kappa shape index (κ2) is 9.39. The van der Waals surface area contributed by atoms with Crippen LogP contribution in [0.1, 0.15) is 13.0 Å². The number of nitrogens with one attached hydrogen (secondary N) is 1. The Hall–Kier alpha value is -4.41. The number of carbonyl (C=O) groups is 1. The Morgan fingerprint density at radius 1 is 1.03 bits per heavy atom. The van der Waals surface area contributed by atoms with Crippen LogP contribution in [0.3, 0.4) is 0 Å². The fourth-order valence-electron chi connectivity index (χ4n) is 3.15. The van der Waals surface area contributed by atoms with E-state index < -0.39 is 17.5 Å². The van der Waals surface area contributed by atoms with Crippen LogP contribution < -0.4 is 16.4 Å². The lowest BCUT2D eigenvalue weighted by molar-refractivity contribution is -0.124. The standard InChI is InChI=1S/C22H20FN7O3/c1-15(30-21(32)10-8-19(27-30)28-13-2-11-25-28)22(33)24-12-14-29-20(31)9-7-18(26-29)16-3-5-17(23)6-4-16/h2-11,13,15H,12,14H2,1H3,(H,24,33). The monoisotopic (exact) mass is 449 g/mol. The van der Waals surface area contributed by atoms with Crippen molar-refractivity contribution in [3.8, 4) is 17.1 Å². The van der Waals surface area contributed by atoms with E-state index in [9.17, 15) is 18.8 Å². The summed E-state index contributed by atoms with van der Waals surface area (Å²) in [6, 6.07) is 12.3. The van der Waals surface area contributed by atoms with E-state index in [1.807, 2.05) is 0 Å². The molecule has 0 spiro atoms. The summed E-state index contributed by atoms with van der Waals surface area (Å²) in [4.78, 5) is 37.0. The Morgan fingerprint density at radius 3 is 2.52 bits per heavy atom. The molecule has 4 rings (SSSR count). The number of nitrogens with zero attached hydrogens (tertiary/aromatic N) is 6. The molecule has 0 saturated heterocycles. The SMILES string of the molecule is CC(C(=O)NCCn1nc(-c2ccc(F)cc2)ccc1=O)n1nc(-n2cccn2)ccc1=O. The van der Waals surface area contributed by atoms with Gasteiger partial charge >= 0.3 is 0 Å². The predicted molar refractivity (Wildman–Crippen MR) is 117 cm³/mol. The van der Waals surface area contributed by atoms with Crippen LogP contribution in [0.4, 0.5) is 4.39 Å². The highest BCUT2D eigenvalue weighted by molar-refractivity contribution is 5.79. The van der Waals surface area contributed by atoms with Gasteiger partial charge in [-0.3, -0.25) is 14.4 Å². The fourth-order valence-corrected chi connectivity index (χ4v) is 3.15. The summed E-state index contributed by atoms with van der Waals surface area (Å²) >= 11 is 0. The van der Waals surface area contributed by atoms with Crippen molar-refractivity contribution in [1.29, 1.82) is 0 Å². The van der Waals surface area contributed by atoms with Gasteiger partial charge in [-0.15, -0.1) is 5.10 Å². The first-order valence-electron chi connectivity index (χ1n) is 10.1. The van der Waals surface area contributed by atoms with Gasteiger partial charge in [-0.2, -0.15) is 10.2 Å². The molecule has 0 radical (unpaired) electrons. The number of aromatic nitrogens is 6. The van der Waals surface area contributed by atoms with Gasteiger partial charge in [0.05, 0.1) is 12.2 Å². The Labute approximate surface area is 186 Å². The quantitative estimate of drug-likeness (QED) is 0.453. The van der Waals surface area contributed by atoms with Crippen LogP contribution in [0, 0.1) is 5.82 Å². The molecule has 3 aromatic heterocycles. The molecule has 0 aliphatic heterocycles. The summed E-state index contributed by atoms with van der Waals surface area (Å²) in [6.45, 7) is 1.77. The van der Waals surface area contributed by atoms with Crippen molar-refractivity contribution in [1.82, 2.24) is 34.7 Å². The van der Waals surface area contributed by atoms with Gasteiger partial charge in [0.1, 0.15) is 11.9 Å². The fraction of sp³-hybridized carbons (Fsp3) is 0.182. The summed E-state index contributed by atoms with van der Waals surface area (Å²) in [5, 5.41) is 15.3. The van der Waals surface area contributed by atoms with E-state index in [0.29, 0.717) is 17.1 Å². The number of hydrogen-bond donors (Lipinski definition) is 1. The summed E-state index contributed by atoms with van der Waals surface area (Å²) in [5.41, 5.74) is 0.386. The van der Waals surface area contributed by atoms with E-state index in [2.05, 4.69) is 20.6 Å². The smallest absolute Gasteiger partial charge is 0.267 e. The molecule has 0 bridgehead atoms. The van der Waals surface area contributed by atoms with Crippen molar-refractivity contribution in [2.45, 2.75) is 19.5 Å². The molecule has 0 saturated carbocycles. The predicted octanol–water partition coefficient (Wildman–Crippen LogP) is 1.17. The van der Waals surface area contributed by atoms with E-state index in [1.165, 1.54) is 39.7 Å². The number of halogens is 1. The summed E-state index contributed by atoms with van der Waals surface area (Å²) in [7, 11) is 0. The van der Waals surface area contributed by atoms with Gasteiger partial charge in [0.25, 0.3) is 11.1 Å². The number of carbonyl (C=O) groups excluding carboxylic acids is 1. The third kappa shape index (κ3) is 4.92. The molecule has 168 valence electrons. The first-order valence-corrected chi connectivity index (χ1v) is 10.1. The molecule has 1 atom stereocenters. The lowest BCUT2D eigenvalue weighted by Gasteiger charge is -2.15. The molecular weight excluding hydrogens is 429 g/mol. The summed E-state index contributed by atoms with van der Waals surface area (Å²) < 4.78 is 16.9. The van der Waals surface area contributed by atoms with Crippen LogP contribution in [0.5, 0.6) is 0 Å². The molecule has 1 aromatic carbocycles. The average Bonchev–Trinajstić information content (AvgIpc) is 3.36. The molecule has 10 nitrogen and oxygen atoms in total. The minimum atomic E-state index is -0.886. The molecule has 1 unspecified atom stereocenters.